The molecule has 0 saturated heterocycles. The van der Waals surface area contributed by atoms with E-state index in [0.29, 0.717) is 6.04 Å². The number of nitrogens with zero attached hydrogens (tertiary/aromatic N) is 2. The third-order valence-electron chi connectivity index (χ3n) is 3.06. The molecule has 2 aromatic rings. The molecule has 0 aromatic carbocycles. The van der Waals surface area contributed by atoms with Crippen molar-refractivity contribution in [2.24, 2.45) is 0 Å². The minimum absolute atomic E-state index is 0.457. The predicted octanol–water partition coefficient (Wildman–Crippen LogP) is 3.25. The SMILES string of the molecule is CCc1ccc(C(C)NCCCn2ccnc2)s1. The molecule has 0 saturated carbocycles. The number of rotatable bonds is 7. The largest absolute Gasteiger partial charge is 0.337 e. The van der Waals surface area contributed by atoms with Crippen LogP contribution in [0.5, 0.6) is 0 Å². The van der Waals surface area contributed by atoms with Gasteiger partial charge in [0.2, 0.25) is 0 Å². The molecular weight excluding hydrogens is 242 g/mol. The minimum Gasteiger partial charge on any atom is -0.337 e. The monoisotopic (exact) mass is 263 g/mol. The van der Waals surface area contributed by atoms with Crippen LogP contribution in [0, 0.1) is 0 Å². The molecule has 0 aliphatic carbocycles. The Hall–Kier alpha value is -1.13. The summed E-state index contributed by atoms with van der Waals surface area (Å²) < 4.78 is 2.12. The van der Waals surface area contributed by atoms with Gasteiger partial charge in [0.15, 0.2) is 0 Å². The molecule has 0 spiro atoms. The Labute approximate surface area is 113 Å². The molecule has 1 atom stereocenters. The van der Waals surface area contributed by atoms with Crippen LogP contribution in [0.3, 0.4) is 0 Å². The predicted molar refractivity (Wildman–Crippen MR) is 77.0 cm³/mol. The number of imidazole rings is 1. The Morgan fingerprint density at radius 2 is 2.33 bits per heavy atom. The summed E-state index contributed by atoms with van der Waals surface area (Å²) in [4.78, 5) is 6.95. The quantitative estimate of drug-likeness (QED) is 0.777. The molecule has 1 N–H and O–H groups in total. The van der Waals surface area contributed by atoms with Crippen molar-refractivity contribution in [1.29, 1.82) is 0 Å². The molecule has 98 valence electrons. The van der Waals surface area contributed by atoms with Crippen LogP contribution in [0.2, 0.25) is 0 Å². The Balaban J connectivity index is 1.69. The zero-order chi connectivity index (χ0) is 12.8. The van der Waals surface area contributed by atoms with Gasteiger partial charge in [-0.3, -0.25) is 0 Å². The van der Waals surface area contributed by atoms with Gasteiger partial charge in [-0.25, -0.2) is 4.98 Å². The maximum Gasteiger partial charge on any atom is 0.0945 e. The van der Waals surface area contributed by atoms with E-state index >= 15 is 0 Å². The normalized spacial score (nSPS) is 12.8. The average Bonchev–Trinajstić information content (AvgIpc) is 3.05. The van der Waals surface area contributed by atoms with Crippen molar-refractivity contribution >= 4 is 11.3 Å². The second kappa shape index (κ2) is 6.71. The van der Waals surface area contributed by atoms with Gasteiger partial charge >= 0.3 is 0 Å². The summed E-state index contributed by atoms with van der Waals surface area (Å²) in [7, 11) is 0. The van der Waals surface area contributed by atoms with Gasteiger partial charge in [0.1, 0.15) is 0 Å². The topological polar surface area (TPSA) is 29.9 Å². The molecular formula is C14H21N3S. The van der Waals surface area contributed by atoms with E-state index in [9.17, 15) is 0 Å². The van der Waals surface area contributed by atoms with Crippen molar-refractivity contribution < 1.29 is 0 Å². The summed E-state index contributed by atoms with van der Waals surface area (Å²) in [6.45, 7) is 6.52. The summed E-state index contributed by atoms with van der Waals surface area (Å²) in [5.41, 5.74) is 0. The molecule has 2 heterocycles. The number of hydrogen-bond acceptors (Lipinski definition) is 3. The van der Waals surface area contributed by atoms with Crippen LogP contribution in [0.25, 0.3) is 0 Å². The van der Waals surface area contributed by atoms with E-state index in [2.05, 4.69) is 40.8 Å². The van der Waals surface area contributed by atoms with E-state index in [0.717, 1.165) is 25.9 Å². The molecule has 0 aliphatic rings. The molecule has 2 aromatic heterocycles. The molecule has 0 radical (unpaired) electrons. The zero-order valence-corrected chi connectivity index (χ0v) is 11.9. The first-order chi connectivity index (χ1) is 8.79. The summed E-state index contributed by atoms with van der Waals surface area (Å²) >= 11 is 1.92. The maximum absolute atomic E-state index is 4.04. The van der Waals surface area contributed by atoms with Crippen molar-refractivity contribution in [2.75, 3.05) is 6.54 Å². The van der Waals surface area contributed by atoms with Gasteiger partial charge in [-0.05, 0) is 38.4 Å². The second-order valence-corrected chi connectivity index (χ2v) is 5.69. The van der Waals surface area contributed by atoms with Gasteiger partial charge in [0.25, 0.3) is 0 Å². The van der Waals surface area contributed by atoms with Crippen LogP contribution in [0.1, 0.15) is 36.1 Å². The van der Waals surface area contributed by atoms with Gasteiger partial charge < -0.3 is 9.88 Å². The Bertz CT molecular complexity index is 447. The number of hydrogen-bond donors (Lipinski definition) is 1. The zero-order valence-electron chi connectivity index (χ0n) is 11.1. The molecule has 2 rings (SSSR count). The van der Waals surface area contributed by atoms with Gasteiger partial charge in [-0.2, -0.15) is 0 Å². The average molecular weight is 263 g/mol. The smallest absolute Gasteiger partial charge is 0.0945 e. The van der Waals surface area contributed by atoms with E-state index in [-0.39, 0.29) is 0 Å². The third kappa shape index (κ3) is 3.68. The molecule has 3 nitrogen and oxygen atoms in total. The summed E-state index contributed by atoms with van der Waals surface area (Å²) in [6.07, 6.45) is 7.98. The van der Waals surface area contributed by atoms with Gasteiger partial charge in [-0.15, -0.1) is 11.3 Å². The number of thiophene rings is 1. The lowest BCUT2D eigenvalue weighted by molar-refractivity contribution is 0.531. The van der Waals surface area contributed by atoms with Crippen molar-refractivity contribution in [3.8, 4) is 0 Å². The lowest BCUT2D eigenvalue weighted by Crippen LogP contribution is -2.20. The molecule has 0 aliphatic heterocycles. The highest BCUT2D eigenvalue weighted by atomic mass is 32.1. The van der Waals surface area contributed by atoms with Crippen molar-refractivity contribution in [3.05, 3.63) is 40.6 Å². The van der Waals surface area contributed by atoms with Crippen LogP contribution in [-0.4, -0.2) is 16.1 Å². The summed E-state index contributed by atoms with van der Waals surface area (Å²) in [6, 6.07) is 4.94. The fourth-order valence-corrected chi connectivity index (χ4v) is 2.90. The lowest BCUT2D eigenvalue weighted by atomic mass is 10.2. The number of aryl methyl sites for hydroxylation is 2. The van der Waals surface area contributed by atoms with Gasteiger partial charge in [-0.1, -0.05) is 6.92 Å². The molecule has 1 unspecified atom stereocenters. The van der Waals surface area contributed by atoms with Crippen molar-refractivity contribution in [1.82, 2.24) is 14.9 Å². The lowest BCUT2D eigenvalue weighted by Gasteiger charge is -2.12. The molecule has 0 amide bonds. The van der Waals surface area contributed by atoms with Crippen molar-refractivity contribution in [3.63, 3.8) is 0 Å². The van der Waals surface area contributed by atoms with Gasteiger partial charge in [0, 0.05) is 34.7 Å². The van der Waals surface area contributed by atoms with E-state index in [1.165, 1.54) is 9.75 Å². The number of nitrogens with one attached hydrogen (secondary N) is 1. The standard InChI is InChI=1S/C14H21N3S/c1-3-13-5-6-14(18-13)12(2)16-7-4-9-17-10-8-15-11-17/h5-6,8,10-12,16H,3-4,7,9H2,1-2H3. The van der Waals surface area contributed by atoms with Gasteiger partial charge in [0.05, 0.1) is 6.33 Å². The summed E-state index contributed by atoms with van der Waals surface area (Å²) in [5, 5.41) is 3.58. The first-order valence-electron chi connectivity index (χ1n) is 6.57. The van der Waals surface area contributed by atoms with Crippen molar-refractivity contribution in [2.45, 2.75) is 39.3 Å². The fraction of sp³-hybridized carbons (Fsp3) is 0.500. The molecule has 0 bridgehead atoms. The number of aromatic nitrogens is 2. The Morgan fingerprint density at radius 3 is 3.00 bits per heavy atom. The first kappa shape index (κ1) is 13.3. The van der Waals surface area contributed by atoms with E-state index in [1.54, 1.807) is 0 Å². The highest BCUT2D eigenvalue weighted by molar-refractivity contribution is 7.12. The first-order valence-corrected chi connectivity index (χ1v) is 7.39. The highest BCUT2D eigenvalue weighted by Gasteiger charge is 2.06. The molecule has 18 heavy (non-hydrogen) atoms. The van der Waals surface area contributed by atoms with Crippen LogP contribution in [0.15, 0.2) is 30.9 Å². The highest BCUT2D eigenvalue weighted by Crippen LogP contribution is 2.23. The fourth-order valence-electron chi connectivity index (χ4n) is 1.92. The van der Waals surface area contributed by atoms with Crippen LogP contribution in [-0.2, 0) is 13.0 Å². The summed E-state index contributed by atoms with van der Waals surface area (Å²) in [5.74, 6) is 0. The second-order valence-electron chi connectivity index (χ2n) is 4.49. The van der Waals surface area contributed by atoms with E-state index in [1.807, 2.05) is 30.1 Å². The van der Waals surface area contributed by atoms with E-state index < -0.39 is 0 Å². The molecule has 4 heteroatoms. The van der Waals surface area contributed by atoms with Crippen LogP contribution < -0.4 is 5.32 Å². The minimum atomic E-state index is 0.457. The Kier molecular flexibility index (Phi) is 4.96. The van der Waals surface area contributed by atoms with Crippen LogP contribution in [0.4, 0.5) is 0 Å². The van der Waals surface area contributed by atoms with E-state index in [4.69, 9.17) is 0 Å². The Morgan fingerprint density at radius 1 is 1.44 bits per heavy atom. The molecule has 0 fully saturated rings. The third-order valence-corrected chi connectivity index (χ3v) is 4.47. The van der Waals surface area contributed by atoms with Crippen LogP contribution >= 0.6 is 11.3 Å². The maximum atomic E-state index is 4.04.